The number of amides is 2. The molecule has 0 aliphatic carbocycles. The van der Waals surface area contributed by atoms with Crippen molar-refractivity contribution in [1.82, 2.24) is 20.0 Å². The minimum atomic E-state index is -0.717. The molecule has 1 aliphatic rings. The summed E-state index contributed by atoms with van der Waals surface area (Å²) in [6.07, 6.45) is 0. The smallest absolute Gasteiger partial charge is 0.246 e. The number of imide groups is 1. The zero-order chi connectivity index (χ0) is 14.4. The normalized spacial score (nSPS) is 19.6. The number of carbonyl (C=O) groups excluding carboxylic acids is 2. The van der Waals surface area contributed by atoms with Crippen molar-refractivity contribution in [2.45, 2.75) is 32.9 Å². The van der Waals surface area contributed by atoms with Gasteiger partial charge in [-0.25, -0.2) is 0 Å². The van der Waals surface area contributed by atoms with Gasteiger partial charge >= 0.3 is 0 Å². The first-order chi connectivity index (χ1) is 8.73. The fourth-order valence-electron chi connectivity index (χ4n) is 2.12. The molecule has 0 unspecified atom stereocenters. The molecule has 1 aromatic heterocycles. The van der Waals surface area contributed by atoms with Crippen LogP contribution in [0.2, 0.25) is 0 Å². The summed E-state index contributed by atoms with van der Waals surface area (Å²) in [4.78, 5) is 25.3. The topological polar surface area (TPSA) is 67.2 Å². The van der Waals surface area contributed by atoms with Crippen molar-refractivity contribution in [3.05, 3.63) is 15.9 Å². The van der Waals surface area contributed by atoms with E-state index in [1.165, 1.54) is 0 Å². The second-order valence-corrected chi connectivity index (χ2v) is 6.06. The number of rotatable bonds is 2. The number of piperazine rings is 1. The standard InChI is InChI=1S/C12H17BrN4O2/c1-7-10(13)8(16(4)15-7)5-17-6-9(18)14-11(19)12(17,2)3/h5-6H2,1-4H3,(H,14,18,19). The number of aromatic nitrogens is 2. The van der Waals surface area contributed by atoms with Crippen molar-refractivity contribution < 1.29 is 9.59 Å². The molecule has 0 radical (unpaired) electrons. The van der Waals surface area contributed by atoms with Gasteiger partial charge in [0.15, 0.2) is 0 Å². The zero-order valence-corrected chi connectivity index (χ0v) is 13.0. The summed E-state index contributed by atoms with van der Waals surface area (Å²) in [5.74, 6) is -0.530. The Morgan fingerprint density at radius 3 is 2.58 bits per heavy atom. The number of halogens is 1. The number of carbonyl (C=O) groups is 2. The van der Waals surface area contributed by atoms with Gasteiger partial charge in [0.2, 0.25) is 11.8 Å². The van der Waals surface area contributed by atoms with Gasteiger partial charge in [-0.15, -0.1) is 0 Å². The van der Waals surface area contributed by atoms with Crippen molar-refractivity contribution in [2.24, 2.45) is 7.05 Å². The SMILES string of the molecule is Cc1nn(C)c(CN2CC(=O)NC(=O)C2(C)C)c1Br. The number of aryl methyl sites for hydroxylation is 2. The van der Waals surface area contributed by atoms with E-state index in [1.807, 2.05) is 32.7 Å². The summed E-state index contributed by atoms with van der Waals surface area (Å²) in [6, 6.07) is 0. The maximum atomic E-state index is 11.9. The van der Waals surface area contributed by atoms with Crippen molar-refractivity contribution in [1.29, 1.82) is 0 Å². The molecule has 0 aromatic carbocycles. The molecule has 2 amide bonds. The van der Waals surface area contributed by atoms with Gasteiger partial charge < -0.3 is 0 Å². The van der Waals surface area contributed by atoms with Crippen LogP contribution in [0, 0.1) is 6.92 Å². The summed E-state index contributed by atoms with van der Waals surface area (Å²) < 4.78 is 2.69. The van der Waals surface area contributed by atoms with Crippen LogP contribution in [-0.2, 0) is 23.2 Å². The van der Waals surface area contributed by atoms with Crippen LogP contribution in [0.3, 0.4) is 0 Å². The first-order valence-electron chi connectivity index (χ1n) is 6.00. The lowest BCUT2D eigenvalue weighted by Gasteiger charge is -2.40. The molecule has 0 saturated carbocycles. The van der Waals surface area contributed by atoms with Gasteiger partial charge in [-0.05, 0) is 36.7 Å². The Bertz CT molecular complexity index is 550. The van der Waals surface area contributed by atoms with Crippen LogP contribution < -0.4 is 5.32 Å². The molecule has 1 fully saturated rings. The summed E-state index contributed by atoms with van der Waals surface area (Å²) >= 11 is 3.50. The van der Waals surface area contributed by atoms with E-state index in [4.69, 9.17) is 0 Å². The van der Waals surface area contributed by atoms with E-state index in [2.05, 4.69) is 26.3 Å². The molecular formula is C12H17BrN4O2. The van der Waals surface area contributed by atoms with E-state index in [0.29, 0.717) is 6.54 Å². The van der Waals surface area contributed by atoms with Crippen molar-refractivity contribution in [3.8, 4) is 0 Å². The maximum Gasteiger partial charge on any atom is 0.246 e. The van der Waals surface area contributed by atoms with E-state index in [9.17, 15) is 9.59 Å². The third-order valence-electron chi connectivity index (χ3n) is 3.54. The lowest BCUT2D eigenvalue weighted by atomic mass is 9.98. The van der Waals surface area contributed by atoms with E-state index in [-0.39, 0.29) is 18.4 Å². The van der Waals surface area contributed by atoms with Gasteiger partial charge in [0.25, 0.3) is 0 Å². The molecule has 0 bridgehead atoms. The highest BCUT2D eigenvalue weighted by Gasteiger charge is 2.41. The monoisotopic (exact) mass is 328 g/mol. The van der Waals surface area contributed by atoms with Crippen molar-refractivity contribution in [2.75, 3.05) is 6.54 Å². The molecule has 19 heavy (non-hydrogen) atoms. The molecule has 0 spiro atoms. The number of hydrogen-bond donors (Lipinski definition) is 1. The summed E-state index contributed by atoms with van der Waals surface area (Å²) in [5.41, 5.74) is 1.13. The largest absolute Gasteiger partial charge is 0.294 e. The van der Waals surface area contributed by atoms with E-state index >= 15 is 0 Å². The lowest BCUT2D eigenvalue weighted by molar-refractivity contribution is -0.145. The maximum absolute atomic E-state index is 11.9. The molecule has 1 aliphatic heterocycles. The van der Waals surface area contributed by atoms with Crippen LogP contribution in [0.25, 0.3) is 0 Å². The van der Waals surface area contributed by atoms with Gasteiger partial charge in [-0.2, -0.15) is 5.10 Å². The highest BCUT2D eigenvalue weighted by molar-refractivity contribution is 9.10. The second kappa shape index (κ2) is 4.72. The summed E-state index contributed by atoms with van der Waals surface area (Å²) in [7, 11) is 1.85. The first kappa shape index (κ1) is 14.2. The molecule has 0 atom stereocenters. The average Bonchev–Trinajstić information content (AvgIpc) is 2.52. The van der Waals surface area contributed by atoms with Crippen molar-refractivity contribution >= 4 is 27.7 Å². The van der Waals surface area contributed by atoms with Gasteiger partial charge in [0.05, 0.1) is 27.9 Å². The third kappa shape index (κ3) is 2.44. The Morgan fingerprint density at radius 1 is 1.42 bits per heavy atom. The minimum Gasteiger partial charge on any atom is -0.294 e. The molecule has 2 rings (SSSR count). The Kier molecular flexibility index (Phi) is 3.53. The fourth-order valence-corrected chi connectivity index (χ4v) is 2.58. The molecule has 104 valence electrons. The molecule has 1 aromatic rings. The van der Waals surface area contributed by atoms with Gasteiger partial charge in [0.1, 0.15) is 0 Å². The second-order valence-electron chi connectivity index (χ2n) is 5.26. The molecule has 1 saturated heterocycles. The van der Waals surface area contributed by atoms with Crippen LogP contribution in [0.5, 0.6) is 0 Å². The molecule has 6 nitrogen and oxygen atoms in total. The first-order valence-corrected chi connectivity index (χ1v) is 6.80. The highest BCUT2D eigenvalue weighted by atomic mass is 79.9. The van der Waals surface area contributed by atoms with Crippen molar-refractivity contribution in [3.63, 3.8) is 0 Å². The van der Waals surface area contributed by atoms with E-state index in [0.717, 1.165) is 15.9 Å². The van der Waals surface area contributed by atoms with Crippen LogP contribution in [0.4, 0.5) is 0 Å². The number of nitrogens with zero attached hydrogens (tertiary/aromatic N) is 3. The average molecular weight is 329 g/mol. The fraction of sp³-hybridized carbons (Fsp3) is 0.583. The van der Waals surface area contributed by atoms with Crippen LogP contribution >= 0.6 is 15.9 Å². The highest BCUT2D eigenvalue weighted by Crippen LogP contribution is 2.26. The predicted molar refractivity (Wildman–Crippen MR) is 73.3 cm³/mol. The van der Waals surface area contributed by atoms with Gasteiger partial charge in [-0.3, -0.25) is 24.5 Å². The Labute approximate surface area is 120 Å². The zero-order valence-electron chi connectivity index (χ0n) is 11.5. The Hall–Kier alpha value is -1.21. The Balaban J connectivity index is 2.31. The predicted octanol–water partition coefficient (Wildman–Crippen LogP) is 0.728. The minimum absolute atomic E-state index is 0.204. The van der Waals surface area contributed by atoms with E-state index in [1.54, 1.807) is 4.68 Å². The lowest BCUT2D eigenvalue weighted by Crippen LogP contribution is -2.63. The van der Waals surface area contributed by atoms with Gasteiger partial charge in [-0.1, -0.05) is 0 Å². The quantitative estimate of drug-likeness (QED) is 0.813. The van der Waals surface area contributed by atoms with E-state index < -0.39 is 5.54 Å². The van der Waals surface area contributed by atoms with Crippen LogP contribution in [-0.4, -0.2) is 38.6 Å². The number of nitrogens with one attached hydrogen (secondary N) is 1. The number of hydrogen-bond acceptors (Lipinski definition) is 4. The Morgan fingerprint density at radius 2 is 2.05 bits per heavy atom. The van der Waals surface area contributed by atoms with Crippen LogP contribution in [0.1, 0.15) is 25.2 Å². The van der Waals surface area contributed by atoms with Crippen LogP contribution in [0.15, 0.2) is 4.47 Å². The molecular weight excluding hydrogens is 312 g/mol. The summed E-state index contributed by atoms with van der Waals surface area (Å²) in [5, 5.41) is 6.69. The molecule has 1 N–H and O–H groups in total. The van der Waals surface area contributed by atoms with Gasteiger partial charge in [0, 0.05) is 13.6 Å². The third-order valence-corrected chi connectivity index (χ3v) is 4.57. The molecule has 7 heteroatoms. The summed E-state index contributed by atoms with van der Waals surface area (Å²) in [6.45, 7) is 6.23. The molecule has 2 heterocycles.